The Labute approximate surface area is 259 Å². The van der Waals surface area contributed by atoms with Crippen LogP contribution < -0.4 is 24.2 Å². The number of nitrogens with zero attached hydrogens (tertiary/aromatic N) is 2. The van der Waals surface area contributed by atoms with Crippen LogP contribution in [0.4, 0.5) is 20.7 Å². The lowest BCUT2D eigenvalue weighted by molar-refractivity contribution is 0.135. The van der Waals surface area contributed by atoms with Gasteiger partial charge in [-0.15, -0.1) is 0 Å². The predicted molar refractivity (Wildman–Crippen MR) is 163 cm³/mol. The van der Waals surface area contributed by atoms with E-state index in [2.05, 4.69) is 20.0 Å². The van der Waals surface area contributed by atoms with E-state index in [1.54, 1.807) is 24.3 Å². The number of carbonyl (C=O) groups excluding carboxylic acids is 1. The van der Waals surface area contributed by atoms with Gasteiger partial charge in [-0.05, 0) is 47.4 Å². The van der Waals surface area contributed by atoms with Crippen molar-refractivity contribution >= 4 is 39.2 Å². The Hall–Kier alpha value is -4.62. The van der Waals surface area contributed by atoms with Gasteiger partial charge in [-0.3, -0.25) is 10.0 Å². The van der Waals surface area contributed by atoms with Crippen LogP contribution >= 0.6 is 11.6 Å². The highest BCUT2D eigenvalue weighted by atomic mass is 35.5. The fourth-order valence-corrected chi connectivity index (χ4v) is 4.89. The minimum atomic E-state index is -4.14. The van der Waals surface area contributed by atoms with Crippen LogP contribution in [0.5, 0.6) is 23.1 Å². The van der Waals surface area contributed by atoms with Crippen molar-refractivity contribution < 1.29 is 36.6 Å². The van der Waals surface area contributed by atoms with Crippen LogP contribution in [0.3, 0.4) is 0 Å². The van der Waals surface area contributed by atoms with Gasteiger partial charge >= 0.3 is 6.09 Å². The number of hydrogen-bond acceptors (Lipinski definition) is 9. The maximum absolute atomic E-state index is 13.8. The number of hydrogen-bond donors (Lipinski definition) is 2. The van der Waals surface area contributed by atoms with Crippen molar-refractivity contribution in [2.24, 2.45) is 0 Å². The molecule has 0 aliphatic rings. The largest absolute Gasteiger partial charge is 0.497 e. The van der Waals surface area contributed by atoms with Crippen LogP contribution in [0.1, 0.15) is 26.3 Å². The van der Waals surface area contributed by atoms with Gasteiger partial charge in [0, 0.05) is 6.07 Å². The first-order valence-corrected chi connectivity index (χ1v) is 15.0. The second-order valence-corrected chi connectivity index (χ2v) is 12.3. The molecule has 0 fully saturated rings. The number of methoxy groups -OCH3 is 1. The summed E-state index contributed by atoms with van der Waals surface area (Å²) in [5, 5.41) is 2.47. The van der Waals surface area contributed by atoms with E-state index in [1.807, 2.05) is 20.8 Å². The molecule has 4 rings (SSSR count). The monoisotopic (exact) mass is 644 g/mol. The summed E-state index contributed by atoms with van der Waals surface area (Å²) in [6.07, 6.45) is 0.161. The third-order valence-electron chi connectivity index (χ3n) is 6.05. The molecule has 4 aromatic rings. The molecule has 2 N–H and O–H groups in total. The minimum Gasteiger partial charge on any atom is -0.497 e. The number of aromatic nitrogens is 2. The summed E-state index contributed by atoms with van der Waals surface area (Å²) >= 11 is 6.34. The van der Waals surface area contributed by atoms with Crippen LogP contribution in [0.25, 0.3) is 0 Å². The number of halogens is 2. The first kappa shape index (κ1) is 32.3. The van der Waals surface area contributed by atoms with E-state index >= 15 is 0 Å². The van der Waals surface area contributed by atoms with Crippen molar-refractivity contribution in [1.82, 2.24) is 9.97 Å². The highest BCUT2D eigenvalue weighted by Crippen LogP contribution is 2.40. The van der Waals surface area contributed by atoms with Gasteiger partial charge in [-0.2, -0.15) is 4.98 Å². The predicted octanol–water partition coefficient (Wildman–Crippen LogP) is 6.80. The van der Waals surface area contributed by atoms with Crippen LogP contribution in [0.2, 0.25) is 5.02 Å². The van der Waals surface area contributed by atoms with E-state index in [0.717, 1.165) is 11.9 Å². The van der Waals surface area contributed by atoms with Crippen LogP contribution in [-0.2, 0) is 20.2 Å². The lowest BCUT2D eigenvalue weighted by Gasteiger charge is -2.19. The number of sulfonamides is 1. The Morgan fingerprint density at radius 2 is 1.73 bits per heavy atom. The SMILES string of the molecule is COc1ccc(Cl)c(Oc2c(NS(=O)(=O)c3ccc(C(C)(C)C)cc3)ncnc2OCCOC(=O)Nc2ccccc2F)c1. The average Bonchev–Trinajstić information content (AvgIpc) is 2.98. The average molecular weight is 645 g/mol. The molecule has 0 aliphatic carbocycles. The maximum Gasteiger partial charge on any atom is 0.411 e. The van der Waals surface area contributed by atoms with Crippen molar-refractivity contribution in [1.29, 1.82) is 0 Å². The summed E-state index contributed by atoms with van der Waals surface area (Å²) in [6, 6.07) is 16.7. The second kappa shape index (κ2) is 13.8. The Bertz CT molecular complexity index is 1730. The van der Waals surface area contributed by atoms with Crippen molar-refractivity contribution in [3.8, 4) is 23.1 Å². The summed E-state index contributed by atoms with van der Waals surface area (Å²) in [6.45, 7) is 5.55. The molecular weight excluding hydrogens is 615 g/mol. The molecule has 0 radical (unpaired) electrons. The Morgan fingerprint density at radius 3 is 2.41 bits per heavy atom. The number of carbonyl (C=O) groups is 1. The van der Waals surface area contributed by atoms with E-state index in [-0.39, 0.29) is 57.4 Å². The number of rotatable bonds is 11. The van der Waals surface area contributed by atoms with Gasteiger partial charge in [0.1, 0.15) is 36.9 Å². The summed E-state index contributed by atoms with van der Waals surface area (Å²) < 4.78 is 64.9. The summed E-state index contributed by atoms with van der Waals surface area (Å²) in [4.78, 5) is 20.2. The first-order valence-electron chi connectivity index (χ1n) is 13.2. The van der Waals surface area contributed by atoms with Gasteiger partial charge in [0.05, 0.1) is 22.7 Å². The van der Waals surface area contributed by atoms with Gasteiger partial charge in [0.15, 0.2) is 5.82 Å². The Morgan fingerprint density at radius 1 is 1.00 bits per heavy atom. The first-order chi connectivity index (χ1) is 20.9. The molecule has 0 spiro atoms. The molecule has 232 valence electrons. The molecule has 0 aliphatic heterocycles. The molecule has 1 heterocycles. The highest BCUT2D eigenvalue weighted by molar-refractivity contribution is 7.92. The fourth-order valence-electron chi connectivity index (χ4n) is 3.73. The van der Waals surface area contributed by atoms with E-state index in [0.29, 0.717) is 5.75 Å². The van der Waals surface area contributed by atoms with E-state index in [9.17, 15) is 17.6 Å². The zero-order chi connectivity index (χ0) is 31.9. The van der Waals surface area contributed by atoms with Gasteiger partial charge < -0.3 is 18.9 Å². The van der Waals surface area contributed by atoms with Gasteiger partial charge in [-0.25, -0.2) is 22.6 Å². The number of anilines is 2. The van der Waals surface area contributed by atoms with Gasteiger partial charge in [-0.1, -0.05) is 56.6 Å². The molecule has 3 aromatic carbocycles. The molecular formula is C30H30ClFN4O7S. The molecule has 0 bridgehead atoms. The molecule has 0 atom stereocenters. The topological polar surface area (TPSA) is 138 Å². The standard InChI is InChI=1S/C30H30ClFN4O7S/c1-30(2,3)19-9-12-21(13-10-19)44(38,39)36-27-26(43-25-17-20(40-4)11-14-22(25)31)28(34-18-33-27)41-15-16-42-29(37)35-24-8-6-5-7-23(24)32/h5-14,17-18H,15-16H2,1-4H3,(H,35,37)(H,33,34,36). The van der Waals surface area contributed by atoms with Crippen LogP contribution in [0.15, 0.2) is 78.0 Å². The third-order valence-corrected chi connectivity index (χ3v) is 7.72. The molecule has 44 heavy (non-hydrogen) atoms. The van der Waals surface area contributed by atoms with Crippen LogP contribution in [0, 0.1) is 5.82 Å². The van der Waals surface area contributed by atoms with E-state index in [1.165, 1.54) is 49.6 Å². The summed E-state index contributed by atoms with van der Waals surface area (Å²) in [7, 11) is -2.68. The number of amides is 1. The zero-order valence-electron chi connectivity index (χ0n) is 24.3. The van der Waals surface area contributed by atoms with Crippen molar-refractivity contribution in [3.63, 3.8) is 0 Å². The molecule has 14 heteroatoms. The second-order valence-electron chi connectivity index (χ2n) is 10.2. The lowest BCUT2D eigenvalue weighted by Crippen LogP contribution is -2.19. The summed E-state index contributed by atoms with van der Waals surface area (Å²) in [5.41, 5.74) is 0.731. The van der Waals surface area contributed by atoms with Gasteiger partial charge in [0.25, 0.3) is 15.9 Å². The molecule has 11 nitrogen and oxygen atoms in total. The quantitative estimate of drug-likeness (QED) is 0.169. The van der Waals surface area contributed by atoms with Crippen molar-refractivity contribution in [3.05, 3.63) is 89.5 Å². The number of para-hydroxylation sites is 1. The van der Waals surface area contributed by atoms with E-state index < -0.39 is 21.9 Å². The number of benzene rings is 3. The van der Waals surface area contributed by atoms with Crippen molar-refractivity contribution in [2.75, 3.05) is 30.4 Å². The van der Waals surface area contributed by atoms with Crippen molar-refractivity contribution in [2.45, 2.75) is 31.1 Å². The number of nitrogens with one attached hydrogen (secondary N) is 2. The normalized spacial score (nSPS) is 11.4. The molecule has 0 saturated heterocycles. The van der Waals surface area contributed by atoms with Gasteiger partial charge in [0.2, 0.25) is 5.75 Å². The molecule has 1 aromatic heterocycles. The number of ether oxygens (including phenoxy) is 4. The molecule has 1 amide bonds. The zero-order valence-corrected chi connectivity index (χ0v) is 25.8. The Balaban J connectivity index is 1.56. The van der Waals surface area contributed by atoms with Crippen LogP contribution in [-0.4, -0.2) is 44.8 Å². The highest BCUT2D eigenvalue weighted by Gasteiger charge is 2.24. The minimum absolute atomic E-state index is 0.00814. The summed E-state index contributed by atoms with van der Waals surface area (Å²) in [5.74, 6) is -0.752. The maximum atomic E-state index is 13.8. The molecule has 0 saturated carbocycles. The molecule has 0 unspecified atom stereocenters. The Kier molecular flexibility index (Phi) is 10.1. The lowest BCUT2D eigenvalue weighted by atomic mass is 9.87. The third kappa shape index (κ3) is 8.26. The fraction of sp³-hybridized carbons (Fsp3) is 0.233. The van der Waals surface area contributed by atoms with E-state index in [4.69, 9.17) is 30.5 Å². The smallest absolute Gasteiger partial charge is 0.411 e.